The van der Waals surface area contributed by atoms with Crippen molar-refractivity contribution in [1.29, 1.82) is 0 Å². The zero-order valence-corrected chi connectivity index (χ0v) is 21.7. The van der Waals surface area contributed by atoms with Gasteiger partial charge >= 0.3 is 6.03 Å². The Kier molecular flexibility index (Phi) is 6.47. The molecule has 1 aliphatic carbocycles. The minimum atomic E-state index is -0.289. The van der Waals surface area contributed by atoms with Gasteiger partial charge in [0.2, 0.25) is 0 Å². The van der Waals surface area contributed by atoms with Gasteiger partial charge in [-0.2, -0.15) is 0 Å². The third-order valence-electron chi connectivity index (χ3n) is 7.28. The van der Waals surface area contributed by atoms with Gasteiger partial charge in [0.05, 0.1) is 24.9 Å². The quantitative estimate of drug-likeness (QED) is 0.319. The SMILES string of the molecule is CCOc1cccc(C2c3cccn3-c3sc4c(c3CN2C(=O)NCc2ccc(F)cc2)CCCC4)c1. The van der Waals surface area contributed by atoms with Crippen LogP contribution in [-0.4, -0.2) is 22.1 Å². The molecule has 190 valence electrons. The summed E-state index contributed by atoms with van der Waals surface area (Å²) in [5.41, 5.74) is 5.61. The van der Waals surface area contributed by atoms with E-state index in [2.05, 4.69) is 34.3 Å². The normalized spacial score (nSPS) is 16.4. The average molecular weight is 516 g/mol. The first-order valence-corrected chi connectivity index (χ1v) is 13.8. The number of benzene rings is 2. The molecule has 2 amide bonds. The van der Waals surface area contributed by atoms with Crippen LogP contribution >= 0.6 is 11.3 Å². The summed E-state index contributed by atoms with van der Waals surface area (Å²) >= 11 is 1.88. The Morgan fingerprint density at radius 3 is 2.76 bits per heavy atom. The van der Waals surface area contributed by atoms with Gasteiger partial charge in [0.15, 0.2) is 0 Å². The smallest absolute Gasteiger partial charge is 0.318 e. The summed E-state index contributed by atoms with van der Waals surface area (Å²) in [4.78, 5) is 17.3. The van der Waals surface area contributed by atoms with Crippen molar-refractivity contribution >= 4 is 17.4 Å². The number of ether oxygens (including phenoxy) is 1. The number of nitrogens with one attached hydrogen (secondary N) is 1. The molecule has 6 rings (SSSR count). The summed E-state index contributed by atoms with van der Waals surface area (Å²) in [6, 6.07) is 18.1. The Balaban J connectivity index is 1.43. The van der Waals surface area contributed by atoms with Crippen LogP contribution in [0.3, 0.4) is 0 Å². The van der Waals surface area contributed by atoms with Gasteiger partial charge < -0.3 is 19.5 Å². The third-order valence-corrected chi connectivity index (χ3v) is 8.61. The molecule has 1 N–H and O–H groups in total. The van der Waals surface area contributed by atoms with E-state index in [1.54, 1.807) is 12.1 Å². The molecular formula is C30H30FN3O2S. The lowest BCUT2D eigenvalue weighted by atomic mass is 9.95. The van der Waals surface area contributed by atoms with Gasteiger partial charge in [0.1, 0.15) is 16.6 Å². The maximum absolute atomic E-state index is 13.9. The molecule has 1 atom stereocenters. The van der Waals surface area contributed by atoms with E-state index in [0.717, 1.165) is 35.4 Å². The third kappa shape index (κ3) is 4.53. The minimum Gasteiger partial charge on any atom is -0.494 e. The number of carbonyl (C=O) groups is 1. The van der Waals surface area contributed by atoms with Crippen molar-refractivity contribution in [2.24, 2.45) is 0 Å². The van der Waals surface area contributed by atoms with Crippen molar-refractivity contribution in [2.75, 3.05) is 6.61 Å². The summed E-state index contributed by atoms with van der Waals surface area (Å²) in [5, 5.41) is 4.34. The number of amides is 2. The van der Waals surface area contributed by atoms with Crippen molar-refractivity contribution in [2.45, 2.75) is 51.7 Å². The van der Waals surface area contributed by atoms with E-state index in [0.29, 0.717) is 19.7 Å². The van der Waals surface area contributed by atoms with E-state index >= 15 is 0 Å². The highest BCUT2D eigenvalue weighted by atomic mass is 32.1. The number of carbonyl (C=O) groups excluding carboxylic acids is 1. The second kappa shape index (κ2) is 10.1. The largest absolute Gasteiger partial charge is 0.494 e. The molecule has 2 aromatic heterocycles. The van der Waals surface area contributed by atoms with E-state index < -0.39 is 0 Å². The Hall–Kier alpha value is -3.58. The molecular weight excluding hydrogens is 485 g/mol. The number of hydrogen-bond acceptors (Lipinski definition) is 3. The zero-order valence-electron chi connectivity index (χ0n) is 20.9. The van der Waals surface area contributed by atoms with E-state index in [4.69, 9.17) is 4.74 Å². The Morgan fingerprint density at radius 2 is 1.92 bits per heavy atom. The fourth-order valence-corrected chi connectivity index (χ4v) is 6.96. The fraction of sp³-hybridized carbons (Fsp3) is 0.300. The van der Waals surface area contributed by atoms with Crippen LogP contribution in [0.5, 0.6) is 5.75 Å². The molecule has 0 saturated heterocycles. The van der Waals surface area contributed by atoms with Crippen LogP contribution in [0.15, 0.2) is 66.9 Å². The molecule has 0 saturated carbocycles. The summed E-state index contributed by atoms with van der Waals surface area (Å²) < 4.78 is 21.5. The maximum atomic E-state index is 13.9. The van der Waals surface area contributed by atoms with Crippen molar-refractivity contribution in [1.82, 2.24) is 14.8 Å². The molecule has 37 heavy (non-hydrogen) atoms. The predicted molar refractivity (Wildman–Crippen MR) is 144 cm³/mol. The van der Waals surface area contributed by atoms with Gasteiger partial charge in [0.25, 0.3) is 0 Å². The highest BCUT2D eigenvalue weighted by Gasteiger charge is 2.36. The fourth-order valence-electron chi connectivity index (χ4n) is 5.56. The first-order valence-electron chi connectivity index (χ1n) is 12.9. The summed E-state index contributed by atoms with van der Waals surface area (Å²) in [5.74, 6) is 0.508. The van der Waals surface area contributed by atoms with Gasteiger partial charge in [-0.3, -0.25) is 0 Å². The maximum Gasteiger partial charge on any atom is 0.318 e. The summed E-state index contributed by atoms with van der Waals surface area (Å²) in [6.45, 7) is 3.41. The topological polar surface area (TPSA) is 46.5 Å². The average Bonchev–Trinajstić information content (AvgIpc) is 3.50. The van der Waals surface area contributed by atoms with Gasteiger partial charge in [0, 0.05) is 23.2 Å². The lowest BCUT2D eigenvalue weighted by Gasteiger charge is -2.31. The molecule has 1 unspecified atom stereocenters. The molecule has 1 aliphatic heterocycles. The number of nitrogens with zero attached hydrogens (tertiary/aromatic N) is 2. The predicted octanol–water partition coefficient (Wildman–Crippen LogP) is 6.77. The van der Waals surface area contributed by atoms with Crippen LogP contribution < -0.4 is 10.1 Å². The number of halogens is 1. The van der Waals surface area contributed by atoms with Gasteiger partial charge in [-0.25, -0.2) is 9.18 Å². The molecule has 3 heterocycles. The number of fused-ring (bicyclic) bond motifs is 5. The van der Waals surface area contributed by atoms with E-state index in [9.17, 15) is 9.18 Å². The number of hydrogen-bond donors (Lipinski definition) is 1. The van der Waals surface area contributed by atoms with E-state index in [-0.39, 0.29) is 17.9 Å². The number of aryl methyl sites for hydroxylation is 1. The van der Waals surface area contributed by atoms with Crippen LogP contribution in [0.4, 0.5) is 9.18 Å². The van der Waals surface area contributed by atoms with E-state index in [1.807, 2.05) is 41.4 Å². The van der Waals surface area contributed by atoms with Gasteiger partial charge in [-0.1, -0.05) is 24.3 Å². The second-order valence-electron chi connectivity index (χ2n) is 9.62. The first kappa shape index (κ1) is 23.8. The van der Waals surface area contributed by atoms with E-state index in [1.165, 1.54) is 46.0 Å². The van der Waals surface area contributed by atoms with Crippen molar-refractivity contribution in [3.8, 4) is 10.8 Å². The number of rotatable bonds is 5. The standard InChI is InChI=1S/C30H30FN3O2S/c1-2-36-23-8-5-7-21(17-23)28-26-10-6-16-33(26)29-25(24-9-3-4-11-27(24)37-29)19-34(28)30(35)32-18-20-12-14-22(31)15-13-20/h5-8,10,12-17,28H,2-4,9,11,18-19H2,1H3,(H,32,35). The molecule has 2 aliphatic rings. The Bertz CT molecular complexity index is 1430. The van der Waals surface area contributed by atoms with Crippen LogP contribution in [0.2, 0.25) is 0 Å². The van der Waals surface area contributed by atoms with Crippen LogP contribution in [0.25, 0.3) is 5.00 Å². The van der Waals surface area contributed by atoms with Gasteiger partial charge in [-0.15, -0.1) is 11.3 Å². The Morgan fingerprint density at radius 1 is 1.08 bits per heavy atom. The van der Waals surface area contributed by atoms with Crippen LogP contribution in [0.1, 0.15) is 58.6 Å². The second-order valence-corrected chi connectivity index (χ2v) is 10.7. The number of thiophene rings is 1. The summed E-state index contributed by atoms with van der Waals surface area (Å²) in [7, 11) is 0. The Labute approximate surface area is 220 Å². The van der Waals surface area contributed by atoms with Crippen molar-refractivity contribution < 1.29 is 13.9 Å². The summed E-state index contributed by atoms with van der Waals surface area (Å²) in [6.07, 6.45) is 6.70. The van der Waals surface area contributed by atoms with Crippen LogP contribution in [-0.2, 0) is 25.9 Å². The zero-order chi connectivity index (χ0) is 25.4. The molecule has 0 fully saturated rings. The molecule has 5 nitrogen and oxygen atoms in total. The minimum absolute atomic E-state index is 0.146. The first-order chi connectivity index (χ1) is 18.1. The molecule has 0 bridgehead atoms. The van der Waals surface area contributed by atoms with Crippen molar-refractivity contribution in [3.05, 3.63) is 106 Å². The molecule has 0 spiro atoms. The van der Waals surface area contributed by atoms with Crippen molar-refractivity contribution in [3.63, 3.8) is 0 Å². The molecule has 2 aromatic carbocycles. The highest BCUT2D eigenvalue weighted by molar-refractivity contribution is 7.15. The number of urea groups is 1. The number of aromatic nitrogens is 1. The molecule has 0 radical (unpaired) electrons. The molecule has 4 aromatic rings. The molecule has 7 heteroatoms. The monoisotopic (exact) mass is 515 g/mol. The lowest BCUT2D eigenvalue weighted by Crippen LogP contribution is -2.41. The highest BCUT2D eigenvalue weighted by Crippen LogP contribution is 2.44. The van der Waals surface area contributed by atoms with Gasteiger partial charge in [-0.05, 0) is 85.7 Å². The van der Waals surface area contributed by atoms with Crippen LogP contribution in [0, 0.1) is 5.82 Å². The lowest BCUT2D eigenvalue weighted by molar-refractivity contribution is 0.180.